The number of aromatic amines is 1. The van der Waals surface area contributed by atoms with Gasteiger partial charge in [-0.3, -0.25) is 9.59 Å². The fraction of sp³-hybridized carbons (Fsp3) is 0.600. The molecule has 0 radical (unpaired) electrons. The van der Waals surface area contributed by atoms with Crippen molar-refractivity contribution in [2.45, 2.75) is 20.8 Å². The summed E-state index contributed by atoms with van der Waals surface area (Å²) in [6.07, 6.45) is 0. The van der Waals surface area contributed by atoms with Crippen molar-refractivity contribution < 1.29 is 9.59 Å². The first-order chi connectivity index (χ1) is 9.49. The number of carbonyl (C=O) groups is 2. The van der Waals surface area contributed by atoms with E-state index < -0.39 is 0 Å². The van der Waals surface area contributed by atoms with E-state index in [0.29, 0.717) is 23.1 Å². The van der Waals surface area contributed by atoms with Crippen molar-refractivity contribution in [1.82, 2.24) is 15.2 Å². The molecule has 21 heavy (non-hydrogen) atoms. The maximum atomic E-state index is 12.7. The van der Waals surface area contributed by atoms with Crippen molar-refractivity contribution in [3.05, 3.63) is 22.5 Å². The average Bonchev–Trinajstić information content (AvgIpc) is 3.00. The zero-order valence-corrected chi connectivity index (χ0v) is 13.5. The minimum absolute atomic E-state index is 0. The SMILES string of the molecule is CC(=O)c1c(C)[nH]c(C(=O)N2C[C@H]3CNC[C@H]3C2)c1C.Cl. The van der Waals surface area contributed by atoms with Gasteiger partial charge in [0.2, 0.25) is 0 Å². The summed E-state index contributed by atoms with van der Waals surface area (Å²) in [6.45, 7) is 8.91. The van der Waals surface area contributed by atoms with E-state index in [1.165, 1.54) is 0 Å². The molecule has 3 heterocycles. The molecule has 0 bridgehead atoms. The highest BCUT2D eigenvalue weighted by molar-refractivity contribution is 6.02. The number of fused-ring (bicyclic) bond motifs is 1. The van der Waals surface area contributed by atoms with Crippen LogP contribution >= 0.6 is 12.4 Å². The van der Waals surface area contributed by atoms with Crippen LogP contribution in [0.15, 0.2) is 0 Å². The van der Waals surface area contributed by atoms with Crippen LogP contribution in [0.1, 0.15) is 39.0 Å². The minimum atomic E-state index is 0. The van der Waals surface area contributed by atoms with Crippen LogP contribution in [0.25, 0.3) is 0 Å². The van der Waals surface area contributed by atoms with Crippen LogP contribution in [0.5, 0.6) is 0 Å². The molecule has 1 amide bonds. The molecule has 0 spiro atoms. The zero-order chi connectivity index (χ0) is 14.4. The molecule has 6 heteroatoms. The Hall–Kier alpha value is -1.33. The highest BCUT2D eigenvalue weighted by Crippen LogP contribution is 2.28. The topological polar surface area (TPSA) is 65.2 Å². The molecule has 0 unspecified atom stereocenters. The number of rotatable bonds is 2. The summed E-state index contributed by atoms with van der Waals surface area (Å²) in [5, 5.41) is 3.37. The fourth-order valence-electron chi connectivity index (χ4n) is 3.67. The molecule has 2 aliphatic heterocycles. The summed E-state index contributed by atoms with van der Waals surface area (Å²) >= 11 is 0. The molecule has 5 nitrogen and oxygen atoms in total. The predicted molar refractivity (Wildman–Crippen MR) is 83.3 cm³/mol. The van der Waals surface area contributed by atoms with Gasteiger partial charge in [0, 0.05) is 37.4 Å². The zero-order valence-electron chi connectivity index (χ0n) is 12.7. The second-order valence-electron chi connectivity index (χ2n) is 6.07. The number of carbonyl (C=O) groups excluding carboxylic acids is 2. The first kappa shape index (κ1) is 16.0. The van der Waals surface area contributed by atoms with E-state index in [-0.39, 0.29) is 24.1 Å². The first-order valence-electron chi connectivity index (χ1n) is 7.19. The van der Waals surface area contributed by atoms with Gasteiger partial charge in [-0.15, -0.1) is 12.4 Å². The number of nitrogens with one attached hydrogen (secondary N) is 2. The van der Waals surface area contributed by atoms with Crippen LogP contribution < -0.4 is 5.32 Å². The number of Topliss-reactive ketones (excluding diaryl/α,β-unsaturated/α-hetero) is 1. The van der Waals surface area contributed by atoms with E-state index in [4.69, 9.17) is 0 Å². The molecule has 1 aromatic rings. The summed E-state index contributed by atoms with van der Waals surface area (Å²) in [7, 11) is 0. The third kappa shape index (κ3) is 2.60. The van der Waals surface area contributed by atoms with E-state index in [1.54, 1.807) is 6.92 Å². The van der Waals surface area contributed by atoms with Crippen molar-refractivity contribution >= 4 is 24.1 Å². The number of likely N-dealkylation sites (tertiary alicyclic amines) is 1. The molecule has 3 rings (SSSR count). The number of H-pyrrole nitrogens is 1. The number of nitrogens with zero attached hydrogens (tertiary/aromatic N) is 1. The highest BCUT2D eigenvalue weighted by Gasteiger charge is 2.39. The lowest BCUT2D eigenvalue weighted by molar-refractivity contribution is 0.0775. The van der Waals surface area contributed by atoms with Crippen molar-refractivity contribution in [1.29, 1.82) is 0 Å². The number of aryl methyl sites for hydroxylation is 1. The van der Waals surface area contributed by atoms with Crippen LogP contribution in [0.2, 0.25) is 0 Å². The van der Waals surface area contributed by atoms with Gasteiger partial charge in [-0.05, 0) is 38.2 Å². The smallest absolute Gasteiger partial charge is 0.270 e. The molecule has 1 aromatic heterocycles. The molecule has 116 valence electrons. The molecular weight excluding hydrogens is 290 g/mol. The lowest BCUT2D eigenvalue weighted by Crippen LogP contribution is -2.32. The van der Waals surface area contributed by atoms with E-state index in [1.807, 2.05) is 18.7 Å². The van der Waals surface area contributed by atoms with Gasteiger partial charge in [0.25, 0.3) is 5.91 Å². The predicted octanol–water partition coefficient (Wildman–Crippen LogP) is 1.55. The molecule has 0 saturated carbocycles. The molecule has 2 saturated heterocycles. The first-order valence-corrected chi connectivity index (χ1v) is 7.19. The highest BCUT2D eigenvalue weighted by atomic mass is 35.5. The standard InChI is InChI=1S/C15H21N3O2.ClH/c1-8-13(10(3)19)9(2)17-14(8)15(20)18-6-11-4-16-5-12(11)7-18;/h11-12,16-17H,4-7H2,1-3H3;1H/t11-,12+;. The summed E-state index contributed by atoms with van der Waals surface area (Å²) < 4.78 is 0. The second-order valence-corrected chi connectivity index (χ2v) is 6.07. The Morgan fingerprint density at radius 3 is 2.19 bits per heavy atom. The number of hydrogen-bond acceptors (Lipinski definition) is 3. The molecular formula is C15H22ClN3O2. The summed E-state index contributed by atoms with van der Waals surface area (Å²) in [5.74, 6) is 1.22. The Balaban J connectivity index is 0.00000161. The van der Waals surface area contributed by atoms with Crippen LogP contribution in [-0.4, -0.2) is 47.8 Å². The number of aromatic nitrogens is 1. The quantitative estimate of drug-likeness (QED) is 0.814. The van der Waals surface area contributed by atoms with Gasteiger partial charge >= 0.3 is 0 Å². The second kappa shape index (κ2) is 5.81. The van der Waals surface area contributed by atoms with Gasteiger partial charge in [-0.25, -0.2) is 0 Å². The van der Waals surface area contributed by atoms with Crippen LogP contribution in [0, 0.1) is 25.7 Å². The normalized spacial score (nSPS) is 23.9. The maximum Gasteiger partial charge on any atom is 0.270 e. The largest absolute Gasteiger partial charge is 0.354 e. The third-order valence-corrected chi connectivity index (χ3v) is 4.68. The van der Waals surface area contributed by atoms with Gasteiger partial charge in [-0.1, -0.05) is 0 Å². The minimum Gasteiger partial charge on any atom is -0.354 e. The average molecular weight is 312 g/mol. The van der Waals surface area contributed by atoms with E-state index in [9.17, 15) is 9.59 Å². The Morgan fingerprint density at radius 1 is 1.14 bits per heavy atom. The molecule has 2 aliphatic rings. The van der Waals surface area contributed by atoms with E-state index >= 15 is 0 Å². The maximum absolute atomic E-state index is 12.7. The van der Waals surface area contributed by atoms with Gasteiger partial charge < -0.3 is 15.2 Å². The van der Waals surface area contributed by atoms with Crippen LogP contribution in [0.4, 0.5) is 0 Å². The summed E-state index contributed by atoms with van der Waals surface area (Å²) in [4.78, 5) is 29.3. The number of amides is 1. The van der Waals surface area contributed by atoms with Gasteiger partial charge in [0.05, 0.1) is 0 Å². The van der Waals surface area contributed by atoms with E-state index in [2.05, 4.69) is 10.3 Å². The molecule has 2 N–H and O–H groups in total. The molecule has 0 aliphatic carbocycles. The van der Waals surface area contributed by atoms with Crippen molar-refractivity contribution in [3.8, 4) is 0 Å². The molecule has 0 aromatic carbocycles. The molecule has 2 fully saturated rings. The third-order valence-electron chi connectivity index (χ3n) is 4.68. The Kier molecular flexibility index (Phi) is 4.44. The van der Waals surface area contributed by atoms with Gasteiger partial charge in [0.1, 0.15) is 5.69 Å². The van der Waals surface area contributed by atoms with Crippen molar-refractivity contribution in [2.24, 2.45) is 11.8 Å². The Morgan fingerprint density at radius 2 is 1.71 bits per heavy atom. The lowest BCUT2D eigenvalue weighted by Gasteiger charge is -2.17. The summed E-state index contributed by atoms with van der Waals surface area (Å²) in [5.41, 5.74) is 2.82. The molecule has 2 atom stereocenters. The number of hydrogen-bond donors (Lipinski definition) is 2. The lowest BCUT2D eigenvalue weighted by atomic mass is 10.0. The van der Waals surface area contributed by atoms with Crippen LogP contribution in [0.3, 0.4) is 0 Å². The monoisotopic (exact) mass is 311 g/mol. The Labute approximate surface area is 130 Å². The Bertz CT molecular complexity index is 570. The van der Waals surface area contributed by atoms with Crippen molar-refractivity contribution in [2.75, 3.05) is 26.2 Å². The van der Waals surface area contributed by atoms with Gasteiger partial charge in [-0.2, -0.15) is 0 Å². The fourth-order valence-corrected chi connectivity index (χ4v) is 3.67. The van der Waals surface area contributed by atoms with Crippen molar-refractivity contribution in [3.63, 3.8) is 0 Å². The number of halogens is 1. The number of ketones is 1. The summed E-state index contributed by atoms with van der Waals surface area (Å²) in [6, 6.07) is 0. The van der Waals surface area contributed by atoms with E-state index in [0.717, 1.165) is 37.4 Å². The van der Waals surface area contributed by atoms with Gasteiger partial charge in [0.15, 0.2) is 5.78 Å². The van der Waals surface area contributed by atoms with Crippen LogP contribution in [-0.2, 0) is 0 Å².